The molecule has 2 rings (SSSR count). The second kappa shape index (κ2) is 5.97. The molecule has 0 atom stereocenters. The Hall–Kier alpha value is -2.00. The van der Waals surface area contributed by atoms with E-state index in [-0.39, 0.29) is 5.78 Å². The van der Waals surface area contributed by atoms with Crippen LogP contribution >= 0.6 is 11.6 Å². The Morgan fingerprint density at radius 3 is 2.15 bits per heavy atom. The summed E-state index contributed by atoms with van der Waals surface area (Å²) in [5.41, 5.74) is 1.96. The summed E-state index contributed by atoms with van der Waals surface area (Å²) in [6, 6.07) is 10.4. The molecule has 104 valence electrons. The van der Waals surface area contributed by atoms with Crippen molar-refractivity contribution in [1.29, 1.82) is 0 Å². The number of methoxy groups -OCH3 is 2. The first kappa shape index (κ1) is 14.4. The predicted octanol–water partition coefficient (Wildman–Crippen LogP) is 3.90. The molecule has 0 fully saturated rings. The van der Waals surface area contributed by atoms with Crippen LogP contribution in [0, 0.1) is 6.92 Å². The molecule has 0 aliphatic carbocycles. The van der Waals surface area contributed by atoms with E-state index in [9.17, 15) is 4.79 Å². The molecule has 2 aromatic carbocycles. The van der Waals surface area contributed by atoms with E-state index in [1.54, 1.807) is 50.6 Å². The van der Waals surface area contributed by atoms with Crippen LogP contribution in [-0.4, -0.2) is 20.0 Å². The van der Waals surface area contributed by atoms with Gasteiger partial charge < -0.3 is 9.47 Å². The monoisotopic (exact) mass is 290 g/mol. The van der Waals surface area contributed by atoms with Crippen molar-refractivity contribution < 1.29 is 14.3 Å². The molecule has 0 unspecified atom stereocenters. The molecule has 0 saturated carbocycles. The molecule has 0 aromatic heterocycles. The first-order valence-corrected chi connectivity index (χ1v) is 6.47. The molecule has 0 radical (unpaired) electrons. The molecule has 0 spiro atoms. The number of hydrogen-bond acceptors (Lipinski definition) is 3. The number of benzene rings is 2. The minimum absolute atomic E-state index is 0.0830. The molecule has 2 aromatic rings. The Labute approximate surface area is 123 Å². The van der Waals surface area contributed by atoms with E-state index >= 15 is 0 Å². The van der Waals surface area contributed by atoms with Crippen LogP contribution in [0.15, 0.2) is 36.4 Å². The van der Waals surface area contributed by atoms with Gasteiger partial charge in [0.25, 0.3) is 0 Å². The van der Waals surface area contributed by atoms with Gasteiger partial charge in [-0.2, -0.15) is 0 Å². The normalized spacial score (nSPS) is 10.2. The van der Waals surface area contributed by atoms with Crippen molar-refractivity contribution in [1.82, 2.24) is 0 Å². The fourth-order valence-corrected chi connectivity index (χ4v) is 2.37. The number of aryl methyl sites for hydroxylation is 1. The van der Waals surface area contributed by atoms with Crippen LogP contribution in [0.4, 0.5) is 0 Å². The van der Waals surface area contributed by atoms with Gasteiger partial charge in [0.15, 0.2) is 5.78 Å². The highest BCUT2D eigenvalue weighted by Crippen LogP contribution is 2.30. The number of rotatable bonds is 4. The lowest BCUT2D eigenvalue weighted by Gasteiger charge is -2.09. The molecule has 0 aliphatic rings. The van der Waals surface area contributed by atoms with E-state index in [0.29, 0.717) is 27.6 Å². The van der Waals surface area contributed by atoms with Crippen molar-refractivity contribution in [3.8, 4) is 11.5 Å². The van der Waals surface area contributed by atoms with Gasteiger partial charge in [-0.1, -0.05) is 11.6 Å². The zero-order valence-corrected chi connectivity index (χ0v) is 12.3. The van der Waals surface area contributed by atoms with Gasteiger partial charge in [-0.05, 0) is 48.9 Å². The Bertz CT molecular complexity index is 610. The molecule has 3 nitrogen and oxygen atoms in total. The van der Waals surface area contributed by atoms with Crippen LogP contribution in [0.1, 0.15) is 21.5 Å². The second-order valence-corrected chi connectivity index (χ2v) is 4.77. The lowest BCUT2D eigenvalue weighted by molar-refractivity contribution is 0.103. The maximum Gasteiger partial charge on any atom is 0.193 e. The molecule has 0 amide bonds. The van der Waals surface area contributed by atoms with Crippen molar-refractivity contribution >= 4 is 17.4 Å². The highest BCUT2D eigenvalue weighted by molar-refractivity contribution is 6.32. The summed E-state index contributed by atoms with van der Waals surface area (Å²) in [5.74, 6) is 1.23. The SMILES string of the molecule is COc1ccc(C(=O)c2cc(C)c(OC)c(Cl)c2)cc1. The summed E-state index contributed by atoms with van der Waals surface area (Å²) in [4.78, 5) is 12.4. The highest BCUT2D eigenvalue weighted by Gasteiger charge is 2.14. The van der Waals surface area contributed by atoms with Crippen molar-refractivity contribution in [2.45, 2.75) is 6.92 Å². The van der Waals surface area contributed by atoms with Crippen LogP contribution in [-0.2, 0) is 0 Å². The lowest BCUT2D eigenvalue weighted by Crippen LogP contribution is -2.02. The molecule has 0 aliphatic heterocycles. The quantitative estimate of drug-likeness (QED) is 0.801. The van der Waals surface area contributed by atoms with Gasteiger partial charge in [0.1, 0.15) is 11.5 Å². The van der Waals surface area contributed by atoms with Crippen LogP contribution in [0.25, 0.3) is 0 Å². The van der Waals surface area contributed by atoms with E-state index in [1.807, 2.05) is 6.92 Å². The summed E-state index contributed by atoms with van der Waals surface area (Å²) in [5, 5.41) is 0.435. The predicted molar refractivity (Wildman–Crippen MR) is 79.2 cm³/mol. The summed E-state index contributed by atoms with van der Waals surface area (Å²) < 4.78 is 10.3. The van der Waals surface area contributed by atoms with Crippen LogP contribution in [0.3, 0.4) is 0 Å². The van der Waals surface area contributed by atoms with Gasteiger partial charge in [-0.3, -0.25) is 4.79 Å². The van der Waals surface area contributed by atoms with Gasteiger partial charge >= 0.3 is 0 Å². The molecule has 0 bridgehead atoms. The summed E-state index contributed by atoms with van der Waals surface area (Å²) in [7, 11) is 3.14. The minimum atomic E-state index is -0.0830. The Morgan fingerprint density at radius 1 is 1.00 bits per heavy atom. The summed E-state index contributed by atoms with van der Waals surface area (Å²) in [6.45, 7) is 1.86. The summed E-state index contributed by atoms with van der Waals surface area (Å²) >= 11 is 6.12. The van der Waals surface area contributed by atoms with E-state index in [0.717, 1.165) is 5.56 Å². The van der Waals surface area contributed by atoms with E-state index in [1.165, 1.54) is 0 Å². The van der Waals surface area contributed by atoms with Crippen LogP contribution in [0.2, 0.25) is 5.02 Å². The Balaban J connectivity index is 2.37. The van der Waals surface area contributed by atoms with Gasteiger partial charge in [-0.25, -0.2) is 0 Å². The zero-order chi connectivity index (χ0) is 14.7. The van der Waals surface area contributed by atoms with Crippen LogP contribution < -0.4 is 9.47 Å². The van der Waals surface area contributed by atoms with E-state index in [4.69, 9.17) is 21.1 Å². The Morgan fingerprint density at radius 2 is 1.65 bits per heavy atom. The van der Waals surface area contributed by atoms with Crippen LogP contribution in [0.5, 0.6) is 11.5 Å². The molecule has 20 heavy (non-hydrogen) atoms. The second-order valence-electron chi connectivity index (χ2n) is 4.37. The molecule has 4 heteroatoms. The van der Waals surface area contributed by atoms with Crippen molar-refractivity contribution in [3.05, 3.63) is 58.1 Å². The van der Waals surface area contributed by atoms with Crippen molar-refractivity contribution in [2.75, 3.05) is 14.2 Å². The average Bonchev–Trinajstić information content (AvgIpc) is 2.46. The van der Waals surface area contributed by atoms with Gasteiger partial charge in [0.05, 0.1) is 19.2 Å². The third kappa shape index (κ3) is 2.78. The topological polar surface area (TPSA) is 35.5 Å². The molecular weight excluding hydrogens is 276 g/mol. The minimum Gasteiger partial charge on any atom is -0.497 e. The molecule has 0 heterocycles. The molecular formula is C16H15ClO3. The smallest absolute Gasteiger partial charge is 0.193 e. The molecule has 0 saturated heterocycles. The number of ether oxygens (including phenoxy) is 2. The number of carbonyl (C=O) groups is 1. The maximum absolute atomic E-state index is 12.4. The van der Waals surface area contributed by atoms with E-state index in [2.05, 4.69) is 0 Å². The zero-order valence-electron chi connectivity index (χ0n) is 11.6. The third-order valence-corrected chi connectivity index (χ3v) is 3.33. The Kier molecular flexibility index (Phi) is 4.30. The number of carbonyl (C=O) groups excluding carboxylic acids is 1. The number of hydrogen-bond donors (Lipinski definition) is 0. The highest BCUT2D eigenvalue weighted by atomic mass is 35.5. The maximum atomic E-state index is 12.4. The summed E-state index contributed by atoms with van der Waals surface area (Å²) in [6.07, 6.45) is 0. The van der Waals surface area contributed by atoms with E-state index < -0.39 is 0 Å². The number of halogens is 1. The first-order valence-electron chi connectivity index (χ1n) is 6.09. The third-order valence-electron chi connectivity index (χ3n) is 3.05. The van der Waals surface area contributed by atoms with Gasteiger partial charge in [0.2, 0.25) is 0 Å². The first-order chi connectivity index (χ1) is 9.56. The fourth-order valence-electron chi connectivity index (χ4n) is 2.03. The average molecular weight is 291 g/mol. The van der Waals surface area contributed by atoms with Crippen molar-refractivity contribution in [3.63, 3.8) is 0 Å². The fraction of sp³-hybridized carbons (Fsp3) is 0.188. The standard InChI is InChI=1S/C16H15ClO3/c1-10-8-12(9-14(17)16(10)20-3)15(18)11-4-6-13(19-2)7-5-11/h4-9H,1-3H3. The largest absolute Gasteiger partial charge is 0.497 e. The van der Waals surface area contributed by atoms with Gasteiger partial charge in [0, 0.05) is 11.1 Å². The molecule has 0 N–H and O–H groups in total. The van der Waals surface area contributed by atoms with Crippen molar-refractivity contribution in [2.24, 2.45) is 0 Å². The lowest BCUT2D eigenvalue weighted by atomic mass is 10.0. The number of ketones is 1. The van der Waals surface area contributed by atoms with Gasteiger partial charge in [-0.15, -0.1) is 0 Å².